The van der Waals surface area contributed by atoms with Crippen molar-refractivity contribution in [1.82, 2.24) is 5.32 Å². The van der Waals surface area contributed by atoms with Crippen molar-refractivity contribution in [2.75, 3.05) is 25.0 Å². The molecule has 4 N–H and O–H groups in total. The first-order valence-electron chi connectivity index (χ1n) is 6.14. The number of hydrogen-bond donors (Lipinski definition) is 4. The summed E-state index contributed by atoms with van der Waals surface area (Å²) in [5.41, 5.74) is 2.83. The second-order valence-corrected chi connectivity index (χ2v) is 4.45. The largest absolute Gasteiger partial charge is 0.394 e. The van der Waals surface area contributed by atoms with E-state index >= 15 is 0 Å². The maximum absolute atomic E-state index is 11.8. The third kappa shape index (κ3) is 3.00. The Balaban J connectivity index is 2.02. The minimum Gasteiger partial charge on any atom is -0.394 e. The summed E-state index contributed by atoms with van der Waals surface area (Å²) < 4.78 is 0. The van der Waals surface area contributed by atoms with Gasteiger partial charge in [0.05, 0.1) is 12.7 Å². The first-order chi connectivity index (χ1) is 8.70. The van der Waals surface area contributed by atoms with Gasteiger partial charge in [0.1, 0.15) is 0 Å². The number of aliphatic hydroxyl groups is 2. The summed E-state index contributed by atoms with van der Waals surface area (Å²) in [6, 6.07) is 5.55. The Hall–Kier alpha value is -1.59. The van der Waals surface area contributed by atoms with E-state index in [2.05, 4.69) is 10.6 Å². The number of amides is 1. The van der Waals surface area contributed by atoms with Gasteiger partial charge >= 0.3 is 0 Å². The van der Waals surface area contributed by atoms with Crippen LogP contribution in [0.4, 0.5) is 5.69 Å². The van der Waals surface area contributed by atoms with Crippen molar-refractivity contribution >= 4 is 11.6 Å². The summed E-state index contributed by atoms with van der Waals surface area (Å²) in [4.78, 5) is 11.8. The average Bonchev–Trinajstić information content (AvgIpc) is 2.43. The van der Waals surface area contributed by atoms with Crippen molar-refractivity contribution in [3.05, 3.63) is 29.3 Å². The Kier molecular flexibility index (Phi) is 4.17. The molecule has 0 saturated carbocycles. The molecule has 98 valence electrons. The second kappa shape index (κ2) is 5.84. The maximum Gasteiger partial charge on any atom is 0.251 e. The van der Waals surface area contributed by atoms with Gasteiger partial charge in [-0.2, -0.15) is 0 Å². The van der Waals surface area contributed by atoms with Crippen LogP contribution in [0.3, 0.4) is 0 Å². The lowest BCUT2D eigenvalue weighted by Gasteiger charge is -2.18. The first-order valence-corrected chi connectivity index (χ1v) is 6.14. The van der Waals surface area contributed by atoms with Crippen molar-refractivity contribution in [1.29, 1.82) is 0 Å². The number of fused-ring (bicyclic) bond motifs is 1. The normalized spacial score (nSPS) is 15.4. The molecule has 1 aliphatic rings. The summed E-state index contributed by atoms with van der Waals surface area (Å²) in [5, 5.41) is 23.7. The van der Waals surface area contributed by atoms with Crippen LogP contribution in [0.15, 0.2) is 18.2 Å². The number of benzene rings is 1. The van der Waals surface area contributed by atoms with Crippen molar-refractivity contribution in [3.63, 3.8) is 0 Å². The second-order valence-electron chi connectivity index (χ2n) is 4.45. The predicted octanol–water partition coefficient (Wildman–Crippen LogP) is 0.128. The van der Waals surface area contributed by atoms with Crippen molar-refractivity contribution in [2.24, 2.45) is 0 Å². The predicted molar refractivity (Wildman–Crippen MR) is 68.7 cm³/mol. The van der Waals surface area contributed by atoms with E-state index in [0.29, 0.717) is 5.56 Å². The minimum atomic E-state index is -0.909. The molecule has 0 aromatic heterocycles. The zero-order valence-corrected chi connectivity index (χ0v) is 10.1. The molecule has 1 aromatic carbocycles. The highest BCUT2D eigenvalue weighted by atomic mass is 16.3. The van der Waals surface area contributed by atoms with Gasteiger partial charge in [-0.3, -0.25) is 4.79 Å². The number of hydrogen-bond acceptors (Lipinski definition) is 4. The molecule has 1 unspecified atom stereocenters. The molecule has 0 aliphatic carbocycles. The van der Waals surface area contributed by atoms with Crippen molar-refractivity contribution < 1.29 is 15.0 Å². The molecule has 0 saturated heterocycles. The lowest BCUT2D eigenvalue weighted by atomic mass is 10.0. The van der Waals surface area contributed by atoms with Crippen LogP contribution in [0.2, 0.25) is 0 Å². The van der Waals surface area contributed by atoms with Gasteiger partial charge in [0.2, 0.25) is 0 Å². The number of aryl methyl sites for hydroxylation is 1. The van der Waals surface area contributed by atoms with Crippen LogP contribution in [0.1, 0.15) is 22.3 Å². The zero-order valence-electron chi connectivity index (χ0n) is 10.1. The number of rotatable bonds is 4. The molecular weight excluding hydrogens is 232 g/mol. The molecular formula is C13H18N2O3. The number of anilines is 1. The Morgan fingerprint density at radius 2 is 2.33 bits per heavy atom. The highest BCUT2D eigenvalue weighted by molar-refractivity contribution is 5.95. The third-order valence-corrected chi connectivity index (χ3v) is 3.01. The molecule has 18 heavy (non-hydrogen) atoms. The summed E-state index contributed by atoms with van der Waals surface area (Å²) in [5.74, 6) is -0.226. The monoisotopic (exact) mass is 250 g/mol. The molecule has 5 heteroatoms. The molecule has 0 fully saturated rings. The fraction of sp³-hybridized carbons (Fsp3) is 0.462. The Bertz CT molecular complexity index is 434. The van der Waals surface area contributed by atoms with Crippen LogP contribution in [-0.2, 0) is 6.42 Å². The van der Waals surface area contributed by atoms with E-state index in [1.54, 1.807) is 6.07 Å². The average molecular weight is 250 g/mol. The van der Waals surface area contributed by atoms with Crippen LogP contribution in [0, 0.1) is 0 Å². The molecule has 1 aromatic rings. The highest BCUT2D eigenvalue weighted by Gasteiger charge is 2.13. The number of carbonyl (C=O) groups excluding carboxylic acids is 1. The van der Waals surface area contributed by atoms with Gasteiger partial charge in [-0.15, -0.1) is 0 Å². The van der Waals surface area contributed by atoms with Crippen LogP contribution in [0.5, 0.6) is 0 Å². The molecule has 1 atom stereocenters. The first kappa shape index (κ1) is 12.9. The zero-order chi connectivity index (χ0) is 13.0. The third-order valence-electron chi connectivity index (χ3n) is 3.01. The lowest BCUT2D eigenvalue weighted by Crippen LogP contribution is -2.34. The SMILES string of the molecule is O=C(NCC(O)CO)c1ccc2c(c1)CCCN2. The van der Waals surface area contributed by atoms with Crippen molar-refractivity contribution in [2.45, 2.75) is 18.9 Å². The molecule has 1 heterocycles. The summed E-state index contributed by atoms with van der Waals surface area (Å²) >= 11 is 0. The molecule has 0 spiro atoms. The Labute approximate surface area is 106 Å². The van der Waals surface area contributed by atoms with Crippen molar-refractivity contribution in [3.8, 4) is 0 Å². The Morgan fingerprint density at radius 3 is 3.11 bits per heavy atom. The van der Waals surface area contributed by atoms with Gasteiger partial charge in [0.15, 0.2) is 0 Å². The summed E-state index contributed by atoms with van der Waals surface area (Å²) in [7, 11) is 0. The number of nitrogens with one attached hydrogen (secondary N) is 2. The highest BCUT2D eigenvalue weighted by Crippen LogP contribution is 2.22. The van der Waals surface area contributed by atoms with Gasteiger partial charge in [-0.05, 0) is 36.6 Å². The fourth-order valence-electron chi connectivity index (χ4n) is 1.99. The topological polar surface area (TPSA) is 81.6 Å². The molecule has 1 aliphatic heterocycles. The minimum absolute atomic E-state index is 0.0602. The Morgan fingerprint density at radius 1 is 1.50 bits per heavy atom. The standard InChI is InChI=1S/C13H18N2O3/c16-8-11(17)7-15-13(18)10-3-4-12-9(6-10)2-1-5-14-12/h3-4,6,11,14,16-17H,1-2,5,7-8H2,(H,15,18). The van der Waals surface area contributed by atoms with E-state index in [-0.39, 0.29) is 19.1 Å². The van der Waals surface area contributed by atoms with E-state index in [9.17, 15) is 9.90 Å². The van der Waals surface area contributed by atoms with Gasteiger partial charge in [-0.1, -0.05) is 0 Å². The van der Waals surface area contributed by atoms with Gasteiger partial charge in [0, 0.05) is 24.3 Å². The van der Waals surface area contributed by atoms with Gasteiger partial charge in [-0.25, -0.2) is 0 Å². The molecule has 0 radical (unpaired) electrons. The van der Waals surface area contributed by atoms with E-state index in [1.807, 2.05) is 12.1 Å². The molecule has 0 bridgehead atoms. The van der Waals surface area contributed by atoms with Crippen LogP contribution < -0.4 is 10.6 Å². The lowest BCUT2D eigenvalue weighted by molar-refractivity contribution is 0.0802. The van der Waals surface area contributed by atoms with Gasteiger partial charge < -0.3 is 20.8 Å². The van der Waals surface area contributed by atoms with Crippen LogP contribution in [0.25, 0.3) is 0 Å². The van der Waals surface area contributed by atoms with Crippen LogP contribution in [-0.4, -0.2) is 41.9 Å². The van der Waals surface area contributed by atoms with Gasteiger partial charge in [0.25, 0.3) is 5.91 Å². The summed E-state index contributed by atoms with van der Waals surface area (Å²) in [6.07, 6.45) is 1.14. The van der Waals surface area contributed by atoms with E-state index in [1.165, 1.54) is 0 Å². The quantitative estimate of drug-likeness (QED) is 0.612. The molecule has 2 rings (SSSR count). The van der Waals surface area contributed by atoms with E-state index in [0.717, 1.165) is 30.6 Å². The maximum atomic E-state index is 11.8. The number of aliphatic hydroxyl groups excluding tert-OH is 2. The number of carbonyl (C=O) groups is 1. The fourth-order valence-corrected chi connectivity index (χ4v) is 1.99. The van der Waals surface area contributed by atoms with E-state index in [4.69, 9.17) is 5.11 Å². The van der Waals surface area contributed by atoms with Crippen LogP contribution >= 0.6 is 0 Å². The molecule has 1 amide bonds. The summed E-state index contributed by atoms with van der Waals surface area (Å²) in [6.45, 7) is 0.681. The molecule has 5 nitrogen and oxygen atoms in total. The van der Waals surface area contributed by atoms with E-state index < -0.39 is 6.10 Å². The smallest absolute Gasteiger partial charge is 0.251 e.